The fourth-order valence-electron chi connectivity index (χ4n) is 2.00. The minimum Gasteiger partial charge on any atom is -1.00 e. The van der Waals surface area contributed by atoms with Crippen LogP contribution in [-0.2, 0) is 0 Å². The topological polar surface area (TPSA) is 38.8 Å². The largest absolute Gasteiger partial charge is 1.00 e. The summed E-state index contributed by atoms with van der Waals surface area (Å²) in [5.74, 6) is 1.49. The number of carbonyl (C=O) groups excluding carboxylic acids is 1. The average Bonchev–Trinajstić information content (AvgIpc) is 2.38. The summed E-state index contributed by atoms with van der Waals surface area (Å²) in [6.07, 6.45) is 2.45. The van der Waals surface area contributed by atoms with Gasteiger partial charge < -0.3 is 26.8 Å². The summed E-state index contributed by atoms with van der Waals surface area (Å²) in [7, 11) is 3.92. The maximum Gasteiger partial charge on any atom is 0.165 e. The van der Waals surface area contributed by atoms with Crippen LogP contribution in [0.4, 0.5) is 0 Å². The normalized spacial score (nSPS) is 14.1. The van der Waals surface area contributed by atoms with E-state index in [1.54, 1.807) is 6.07 Å². The molecule has 1 aromatic carbocycles. The van der Waals surface area contributed by atoms with Crippen LogP contribution in [0.5, 0.6) is 11.5 Å². The average molecular weight is 378 g/mol. The van der Waals surface area contributed by atoms with Gasteiger partial charge in [-0.15, -0.1) is 0 Å². The second-order valence-electron chi connectivity index (χ2n) is 5.16. The van der Waals surface area contributed by atoms with Crippen molar-refractivity contribution in [2.45, 2.75) is 19.3 Å². The van der Waals surface area contributed by atoms with Crippen LogP contribution >= 0.6 is 15.9 Å². The Morgan fingerprint density at radius 2 is 1.76 bits per heavy atom. The van der Waals surface area contributed by atoms with Gasteiger partial charge in [0.1, 0.15) is 0 Å². The van der Waals surface area contributed by atoms with Gasteiger partial charge in [-0.2, -0.15) is 0 Å². The standard InChI is InChI=1S/C15H20BrNO3.ClH/c1-17(2)6-5-13(18)11-9-14-15(10-12(11)16)20-8-4-3-7-19-14;/h9-10H,3-8H2,1-2H3;1H/p-1. The van der Waals surface area contributed by atoms with Crippen LogP contribution in [-0.4, -0.2) is 44.5 Å². The van der Waals surface area contributed by atoms with Crippen molar-refractivity contribution in [3.8, 4) is 11.5 Å². The predicted molar refractivity (Wildman–Crippen MR) is 81.9 cm³/mol. The number of hydrogen-bond donors (Lipinski definition) is 0. The highest BCUT2D eigenvalue weighted by Gasteiger charge is 2.17. The molecule has 0 unspecified atom stereocenters. The van der Waals surface area contributed by atoms with Crippen molar-refractivity contribution in [2.24, 2.45) is 0 Å². The van der Waals surface area contributed by atoms with E-state index < -0.39 is 0 Å². The lowest BCUT2D eigenvalue weighted by molar-refractivity contribution is -0.0000127. The van der Waals surface area contributed by atoms with Crippen LogP contribution in [0.3, 0.4) is 0 Å². The van der Waals surface area contributed by atoms with E-state index >= 15 is 0 Å². The van der Waals surface area contributed by atoms with Crippen LogP contribution < -0.4 is 21.9 Å². The first kappa shape index (κ1) is 18.3. The third-order valence-electron chi connectivity index (χ3n) is 3.17. The third-order valence-corrected chi connectivity index (χ3v) is 3.83. The molecular weight excluding hydrogens is 358 g/mol. The summed E-state index contributed by atoms with van der Waals surface area (Å²) in [6, 6.07) is 3.63. The van der Waals surface area contributed by atoms with Gasteiger partial charge in [0.25, 0.3) is 0 Å². The summed E-state index contributed by atoms with van der Waals surface area (Å²) in [5.41, 5.74) is 0.662. The van der Waals surface area contributed by atoms with Crippen molar-refractivity contribution in [2.75, 3.05) is 33.9 Å². The second kappa shape index (κ2) is 8.61. The van der Waals surface area contributed by atoms with Gasteiger partial charge in [-0.25, -0.2) is 0 Å². The van der Waals surface area contributed by atoms with Crippen molar-refractivity contribution < 1.29 is 26.7 Å². The smallest absolute Gasteiger partial charge is 0.165 e. The zero-order valence-electron chi connectivity index (χ0n) is 12.3. The van der Waals surface area contributed by atoms with Gasteiger partial charge in [0.2, 0.25) is 0 Å². The maximum absolute atomic E-state index is 12.3. The molecule has 21 heavy (non-hydrogen) atoms. The molecule has 0 N–H and O–H groups in total. The third kappa shape index (κ3) is 5.16. The number of rotatable bonds is 4. The summed E-state index contributed by atoms with van der Waals surface area (Å²) in [6.45, 7) is 2.10. The summed E-state index contributed by atoms with van der Waals surface area (Å²) >= 11 is 3.46. The highest BCUT2D eigenvalue weighted by Crippen LogP contribution is 2.35. The summed E-state index contributed by atoms with van der Waals surface area (Å²) in [4.78, 5) is 14.3. The molecule has 1 heterocycles. The van der Waals surface area contributed by atoms with Crippen molar-refractivity contribution >= 4 is 21.7 Å². The molecule has 2 rings (SSSR count). The van der Waals surface area contributed by atoms with Gasteiger partial charge in [0.05, 0.1) is 13.2 Å². The Labute approximate surface area is 140 Å². The monoisotopic (exact) mass is 376 g/mol. The molecule has 1 aliphatic rings. The van der Waals surface area contributed by atoms with Crippen LogP contribution in [0.25, 0.3) is 0 Å². The molecular formula is C15H20BrClNO3-. The molecule has 0 radical (unpaired) electrons. The zero-order chi connectivity index (χ0) is 14.5. The number of benzene rings is 1. The molecule has 1 aliphatic heterocycles. The number of hydrogen-bond acceptors (Lipinski definition) is 4. The fourth-order valence-corrected chi connectivity index (χ4v) is 2.55. The number of nitrogens with zero attached hydrogens (tertiary/aromatic N) is 1. The molecule has 6 heteroatoms. The first-order valence-corrected chi connectivity index (χ1v) is 7.64. The summed E-state index contributed by atoms with van der Waals surface area (Å²) < 4.78 is 12.1. The highest BCUT2D eigenvalue weighted by atomic mass is 79.9. The van der Waals surface area contributed by atoms with Gasteiger partial charge in [-0.05, 0) is 55.0 Å². The molecule has 0 atom stereocenters. The molecule has 0 aliphatic carbocycles. The Morgan fingerprint density at radius 1 is 1.19 bits per heavy atom. The SMILES string of the molecule is CN(C)CCC(=O)c1cc2c(cc1Br)OCCCCO2.[Cl-]. The van der Waals surface area contributed by atoms with Crippen molar-refractivity contribution in [1.29, 1.82) is 0 Å². The van der Waals surface area contributed by atoms with Gasteiger partial charge in [0.15, 0.2) is 17.3 Å². The Morgan fingerprint density at radius 3 is 2.33 bits per heavy atom. The first-order chi connectivity index (χ1) is 9.58. The van der Waals surface area contributed by atoms with Crippen LogP contribution in [0.15, 0.2) is 16.6 Å². The van der Waals surface area contributed by atoms with Crippen LogP contribution in [0.2, 0.25) is 0 Å². The van der Waals surface area contributed by atoms with Gasteiger partial charge in [-0.3, -0.25) is 4.79 Å². The lowest BCUT2D eigenvalue weighted by atomic mass is 10.1. The Kier molecular flexibility index (Phi) is 7.49. The number of halogens is 2. The van der Waals surface area contributed by atoms with E-state index in [1.807, 2.05) is 25.1 Å². The molecule has 0 amide bonds. The van der Waals surface area contributed by atoms with E-state index in [-0.39, 0.29) is 18.2 Å². The minimum absolute atomic E-state index is 0. The molecule has 118 valence electrons. The van der Waals surface area contributed by atoms with Gasteiger partial charge in [0, 0.05) is 23.0 Å². The Bertz CT molecular complexity index is 494. The number of Topliss-reactive ketones (excluding diaryl/α,β-unsaturated/α-hetero) is 1. The van der Waals surface area contributed by atoms with E-state index in [4.69, 9.17) is 9.47 Å². The lowest BCUT2D eigenvalue weighted by Crippen LogP contribution is -3.00. The van der Waals surface area contributed by atoms with Crippen molar-refractivity contribution in [1.82, 2.24) is 4.90 Å². The number of ether oxygens (including phenoxy) is 2. The van der Waals surface area contributed by atoms with E-state index in [0.717, 1.165) is 23.9 Å². The molecule has 0 saturated heterocycles. The van der Waals surface area contributed by atoms with Crippen LogP contribution in [0.1, 0.15) is 29.6 Å². The fraction of sp³-hybridized carbons (Fsp3) is 0.533. The zero-order valence-corrected chi connectivity index (χ0v) is 14.7. The lowest BCUT2D eigenvalue weighted by Gasteiger charge is -2.18. The van der Waals surface area contributed by atoms with Gasteiger partial charge in [-0.1, -0.05) is 0 Å². The van der Waals surface area contributed by atoms with Gasteiger partial charge >= 0.3 is 0 Å². The number of carbonyl (C=O) groups is 1. The first-order valence-electron chi connectivity index (χ1n) is 6.85. The van der Waals surface area contributed by atoms with E-state index in [0.29, 0.717) is 36.7 Å². The van der Waals surface area contributed by atoms with Crippen molar-refractivity contribution in [3.05, 3.63) is 22.2 Å². The summed E-state index contributed by atoms with van der Waals surface area (Å²) in [5, 5.41) is 0. The second-order valence-corrected chi connectivity index (χ2v) is 6.01. The Hall–Kier alpha value is -0.780. The molecule has 0 bridgehead atoms. The number of ketones is 1. The van der Waals surface area contributed by atoms with Crippen LogP contribution in [0, 0.1) is 0 Å². The number of fused-ring (bicyclic) bond motifs is 1. The molecule has 0 fully saturated rings. The van der Waals surface area contributed by atoms with Crippen molar-refractivity contribution in [3.63, 3.8) is 0 Å². The predicted octanol–water partition coefficient (Wildman–Crippen LogP) is 0.139. The maximum atomic E-state index is 12.3. The van der Waals surface area contributed by atoms with E-state index in [2.05, 4.69) is 15.9 Å². The molecule has 0 spiro atoms. The van der Waals surface area contributed by atoms with E-state index in [9.17, 15) is 4.79 Å². The molecule has 1 aromatic rings. The molecule has 0 saturated carbocycles. The minimum atomic E-state index is 0. The molecule has 4 nitrogen and oxygen atoms in total. The Balaban J connectivity index is 0.00000220. The highest BCUT2D eigenvalue weighted by molar-refractivity contribution is 9.10. The molecule has 0 aromatic heterocycles. The quantitative estimate of drug-likeness (QED) is 0.700. The van der Waals surface area contributed by atoms with E-state index in [1.165, 1.54) is 0 Å².